The standard InChI is InChI=1S/C19H27FN4O3/c1-21-18(26)19(22-16-4-2-3-15(20)13-16)5-7-24(8-6-19)17(25)14-23-9-11-27-12-10-23/h2-4,13,22H,5-12,14H2,1H3,(H,21,26). The van der Waals surface area contributed by atoms with Crippen molar-refractivity contribution in [3.63, 3.8) is 0 Å². The number of carbonyl (C=O) groups excluding carboxylic acids is 2. The first kappa shape index (κ1) is 19.6. The number of carbonyl (C=O) groups is 2. The first-order chi connectivity index (χ1) is 13.0. The molecule has 0 atom stereocenters. The second-order valence-corrected chi connectivity index (χ2v) is 7.07. The Morgan fingerprint density at radius 3 is 2.52 bits per heavy atom. The fraction of sp³-hybridized carbons (Fsp3) is 0.579. The second-order valence-electron chi connectivity index (χ2n) is 7.07. The summed E-state index contributed by atoms with van der Waals surface area (Å²) in [6.45, 7) is 4.20. The number of halogens is 1. The van der Waals surface area contributed by atoms with Gasteiger partial charge in [-0.15, -0.1) is 0 Å². The van der Waals surface area contributed by atoms with Crippen molar-refractivity contribution in [3.05, 3.63) is 30.1 Å². The molecule has 7 nitrogen and oxygen atoms in total. The second kappa shape index (κ2) is 8.67. The molecule has 0 spiro atoms. The lowest BCUT2D eigenvalue weighted by Gasteiger charge is -2.42. The lowest BCUT2D eigenvalue weighted by Crippen LogP contribution is -2.59. The molecule has 3 rings (SSSR count). The van der Waals surface area contributed by atoms with Crippen molar-refractivity contribution in [1.29, 1.82) is 0 Å². The molecule has 0 aliphatic carbocycles. The Hall–Kier alpha value is -2.19. The van der Waals surface area contributed by atoms with E-state index in [9.17, 15) is 14.0 Å². The molecular weight excluding hydrogens is 351 g/mol. The highest BCUT2D eigenvalue weighted by Crippen LogP contribution is 2.28. The fourth-order valence-electron chi connectivity index (χ4n) is 3.68. The Bertz CT molecular complexity index is 671. The molecule has 1 aromatic rings. The van der Waals surface area contributed by atoms with E-state index in [0.29, 0.717) is 51.4 Å². The summed E-state index contributed by atoms with van der Waals surface area (Å²) in [5, 5.41) is 5.91. The average Bonchev–Trinajstić information content (AvgIpc) is 2.68. The molecule has 27 heavy (non-hydrogen) atoms. The molecule has 2 aliphatic rings. The topological polar surface area (TPSA) is 73.9 Å². The molecule has 2 N–H and O–H groups in total. The van der Waals surface area contributed by atoms with Crippen molar-refractivity contribution in [3.8, 4) is 0 Å². The van der Waals surface area contributed by atoms with Gasteiger partial charge in [0, 0.05) is 38.9 Å². The van der Waals surface area contributed by atoms with Crippen LogP contribution in [0.2, 0.25) is 0 Å². The van der Waals surface area contributed by atoms with Crippen LogP contribution in [0.25, 0.3) is 0 Å². The van der Waals surface area contributed by atoms with Gasteiger partial charge in [0.15, 0.2) is 0 Å². The summed E-state index contributed by atoms with van der Waals surface area (Å²) in [7, 11) is 1.59. The van der Waals surface area contributed by atoms with E-state index in [1.54, 1.807) is 19.2 Å². The number of hydrogen-bond acceptors (Lipinski definition) is 5. The van der Waals surface area contributed by atoms with Crippen LogP contribution in [0.3, 0.4) is 0 Å². The summed E-state index contributed by atoms with van der Waals surface area (Å²) < 4.78 is 18.8. The van der Waals surface area contributed by atoms with Crippen molar-refractivity contribution in [2.45, 2.75) is 18.4 Å². The van der Waals surface area contributed by atoms with Crippen molar-refractivity contribution in [2.75, 3.05) is 58.3 Å². The van der Waals surface area contributed by atoms with Gasteiger partial charge in [-0.3, -0.25) is 14.5 Å². The quantitative estimate of drug-likeness (QED) is 0.788. The summed E-state index contributed by atoms with van der Waals surface area (Å²) in [6.07, 6.45) is 0.941. The molecular formula is C19H27FN4O3. The van der Waals surface area contributed by atoms with Crippen LogP contribution in [-0.4, -0.2) is 80.1 Å². The minimum Gasteiger partial charge on any atom is -0.379 e. The van der Waals surface area contributed by atoms with E-state index in [0.717, 1.165) is 13.1 Å². The monoisotopic (exact) mass is 378 g/mol. The van der Waals surface area contributed by atoms with E-state index in [-0.39, 0.29) is 17.6 Å². The number of amides is 2. The number of nitrogens with zero attached hydrogens (tertiary/aromatic N) is 2. The van der Waals surface area contributed by atoms with Gasteiger partial charge in [-0.25, -0.2) is 4.39 Å². The average molecular weight is 378 g/mol. The van der Waals surface area contributed by atoms with E-state index < -0.39 is 5.54 Å². The van der Waals surface area contributed by atoms with Crippen LogP contribution in [0.4, 0.5) is 10.1 Å². The Morgan fingerprint density at radius 2 is 1.89 bits per heavy atom. The first-order valence-electron chi connectivity index (χ1n) is 9.36. The first-order valence-corrected chi connectivity index (χ1v) is 9.36. The number of likely N-dealkylation sites (N-methyl/N-ethyl adjacent to an activating group) is 1. The van der Waals surface area contributed by atoms with Gasteiger partial charge in [-0.05, 0) is 31.0 Å². The minimum atomic E-state index is -0.849. The smallest absolute Gasteiger partial charge is 0.245 e. The fourth-order valence-corrected chi connectivity index (χ4v) is 3.68. The lowest BCUT2D eigenvalue weighted by molar-refractivity contribution is -0.137. The van der Waals surface area contributed by atoms with Crippen LogP contribution < -0.4 is 10.6 Å². The van der Waals surface area contributed by atoms with E-state index in [4.69, 9.17) is 4.74 Å². The van der Waals surface area contributed by atoms with E-state index in [2.05, 4.69) is 15.5 Å². The zero-order valence-electron chi connectivity index (χ0n) is 15.7. The third kappa shape index (κ3) is 4.75. The highest BCUT2D eigenvalue weighted by molar-refractivity contribution is 5.90. The third-order valence-corrected chi connectivity index (χ3v) is 5.30. The molecule has 0 saturated carbocycles. The minimum absolute atomic E-state index is 0.0770. The predicted molar refractivity (Wildman–Crippen MR) is 99.9 cm³/mol. The highest BCUT2D eigenvalue weighted by Gasteiger charge is 2.42. The largest absolute Gasteiger partial charge is 0.379 e. The molecule has 1 aromatic carbocycles. The number of nitrogens with one attached hydrogen (secondary N) is 2. The molecule has 0 aromatic heterocycles. The molecule has 2 heterocycles. The van der Waals surface area contributed by atoms with Gasteiger partial charge in [0.25, 0.3) is 0 Å². The zero-order valence-corrected chi connectivity index (χ0v) is 15.7. The van der Waals surface area contributed by atoms with Crippen molar-refractivity contribution >= 4 is 17.5 Å². The van der Waals surface area contributed by atoms with E-state index >= 15 is 0 Å². The maximum Gasteiger partial charge on any atom is 0.245 e. The predicted octanol–water partition coefficient (Wildman–Crippen LogP) is 0.677. The highest BCUT2D eigenvalue weighted by atomic mass is 19.1. The van der Waals surface area contributed by atoms with Crippen molar-refractivity contribution < 1.29 is 18.7 Å². The maximum absolute atomic E-state index is 13.5. The number of rotatable bonds is 5. The summed E-state index contributed by atoms with van der Waals surface area (Å²) in [4.78, 5) is 29.1. The summed E-state index contributed by atoms with van der Waals surface area (Å²) in [5.74, 6) is -0.426. The number of ether oxygens (including phenoxy) is 1. The number of anilines is 1. The van der Waals surface area contributed by atoms with Crippen LogP contribution >= 0.6 is 0 Å². The van der Waals surface area contributed by atoms with E-state index in [1.807, 2.05) is 4.90 Å². The Labute approximate surface area is 158 Å². The normalized spacial score (nSPS) is 20.1. The Kier molecular flexibility index (Phi) is 6.28. The number of hydrogen-bond donors (Lipinski definition) is 2. The maximum atomic E-state index is 13.5. The summed E-state index contributed by atoms with van der Waals surface area (Å²) in [6, 6.07) is 6.09. The van der Waals surface area contributed by atoms with Crippen molar-refractivity contribution in [1.82, 2.24) is 15.1 Å². The lowest BCUT2D eigenvalue weighted by atomic mass is 9.86. The Balaban J connectivity index is 1.63. The van der Waals surface area contributed by atoms with Gasteiger partial charge in [0.1, 0.15) is 11.4 Å². The molecule has 148 valence electrons. The number of morpholine rings is 1. The molecule has 2 aliphatic heterocycles. The van der Waals surface area contributed by atoms with Gasteiger partial charge in [0.05, 0.1) is 19.8 Å². The molecule has 2 amide bonds. The number of benzene rings is 1. The summed E-state index contributed by atoms with van der Waals surface area (Å²) in [5.41, 5.74) is -0.287. The van der Waals surface area contributed by atoms with Crippen LogP contribution in [0.5, 0.6) is 0 Å². The van der Waals surface area contributed by atoms with Crippen LogP contribution in [-0.2, 0) is 14.3 Å². The molecule has 0 bridgehead atoms. The SMILES string of the molecule is CNC(=O)C1(Nc2cccc(F)c2)CCN(C(=O)CN2CCOCC2)CC1. The van der Waals surface area contributed by atoms with Gasteiger partial charge in [-0.1, -0.05) is 6.07 Å². The van der Waals surface area contributed by atoms with Crippen LogP contribution in [0, 0.1) is 5.82 Å². The van der Waals surface area contributed by atoms with Gasteiger partial charge >= 0.3 is 0 Å². The molecule has 8 heteroatoms. The Morgan fingerprint density at radius 1 is 1.19 bits per heavy atom. The van der Waals surface area contributed by atoms with E-state index in [1.165, 1.54) is 12.1 Å². The van der Waals surface area contributed by atoms with Crippen molar-refractivity contribution in [2.24, 2.45) is 0 Å². The molecule has 0 radical (unpaired) electrons. The van der Waals surface area contributed by atoms with Gasteiger partial charge in [0.2, 0.25) is 11.8 Å². The van der Waals surface area contributed by atoms with Gasteiger partial charge < -0.3 is 20.3 Å². The van der Waals surface area contributed by atoms with Crippen LogP contribution in [0.1, 0.15) is 12.8 Å². The zero-order chi connectivity index (χ0) is 19.3. The number of piperidine rings is 1. The third-order valence-electron chi connectivity index (χ3n) is 5.30. The van der Waals surface area contributed by atoms with Gasteiger partial charge in [-0.2, -0.15) is 0 Å². The molecule has 2 fully saturated rings. The number of likely N-dealkylation sites (tertiary alicyclic amines) is 1. The van der Waals surface area contributed by atoms with Crippen LogP contribution in [0.15, 0.2) is 24.3 Å². The molecule has 2 saturated heterocycles. The summed E-state index contributed by atoms with van der Waals surface area (Å²) >= 11 is 0. The molecule has 0 unspecified atom stereocenters.